The summed E-state index contributed by atoms with van der Waals surface area (Å²) in [5, 5.41) is -0.400. The normalized spacial score (nSPS) is 23.5. The summed E-state index contributed by atoms with van der Waals surface area (Å²) in [6.07, 6.45) is -5.81. The molecular weight excluding hydrogens is 312 g/mol. The predicted molar refractivity (Wildman–Crippen MR) is 69.4 cm³/mol. The van der Waals surface area contributed by atoms with Crippen LogP contribution in [0, 0.1) is 0 Å². The summed E-state index contributed by atoms with van der Waals surface area (Å²) in [6.45, 7) is -0.0220. The molecule has 2 N–H and O–H groups in total. The van der Waals surface area contributed by atoms with Crippen LogP contribution in [0.1, 0.15) is 17.5 Å². The average Bonchev–Trinajstić information content (AvgIpc) is 2.71. The van der Waals surface area contributed by atoms with Crippen molar-refractivity contribution in [2.24, 2.45) is 5.73 Å². The summed E-state index contributed by atoms with van der Waals surface area (Å²) < 4.78 is 51.7. The molecule has 8 heteroatoms. The Labute approximate surface area is 123 Å². The van der Waals surface area contributed by atoms with Crippen LogP contribution in [0.15, 0.2) is 18.2 Å². The van der Waals surface area contributed by atoms with Crippen molar-refractivity contribution < 1.29 is 22.4 Å². The molecule has 1 aromatic rings. The van der Waals surface area contributed by atoms with E-state index in [2.05, 4.69) is 0 Å². The smallest absolute Gasteiger partial charge is 0.368 e. The summed E-state index contributed by atoms with van der Waals surface area (Å²) >= 11 is 5.53. The van der Waals surface area contributed by atoms with Crippen LogP contribution in [-0.4, -0.2) is 29.6 Å². The maximum absolute atomic E-state index is 13.4. The minimum atomic E-state index is -4.57. The zero-order chi connectivity index (χ0) is 15.8. The van der Waals surface area contributed by atoms with Crippen LogP contribution >= 0.6 is 11.6 Å². The maximum atomic E-state index is 13.4. The summed E-state index contributed by atoms with van der Waals surface area (Å²) in [6, 6.07) is 2.67. The monoisotopic (exact) mass is 324 g/mol. The lowest BCUT2D eigenvalue weighted by molar-refractivity contribution is -0.137. The van der Waals surface area contributed by atoms with Gasteiger partial charge in [-0.2, -0.15) is 13.2 Å². The summed E-state index contributed by atoms with van der Waals surface area (Å²) in [7, 11) is 0. The van der Waals surface area contributed by atoms with Gasteiger partial charge in [-0.1, -0.05) is 17.7 Å². The maximum Gasteiger partial charge on any atom is 0.417 e. The molecule has 0 aliphatic carbocycles. The fourth-order valence-corrected chi connectivity index (χ4v) is 2.67. The Kier molecular flexibility index (Phi) is 4.43. The molecule has 1 amide bonds. The molecule has 0 saturated carbocycles. The van der Waals surface area contributed by atoms with Crippen molar-refractivity contribution in [2.45, 2.75) is 31.4 Å². The molecule has 21 heavy (non-hydrogen) atoms. The first-order valence-corrected chi connectivity index (χ1v) is 6.59. The number of nitrogens with zero attached hydrogens (tertiary/aromatic N) is 1. The van der Waals surface area contributed by atoms with E-state index in [1.54, 1.807) is 0 Å². The number of rotatable bonds is 3. The number of halogens is 5. The lowest BCUT2D eigenvalue weighted by Gasteiger charge is -2.22. The van der Waals surface area contributed by atoms with E-state index in [9.17, 15) is 22.4 Å². The molecule has 0 unspecified atom stereocenters. The SMILES string of the molecule is NC(=O)[C@@H]1C[C@@H](F)CN1Cc1ccc(Cl)c(C(F)(F)F)c1. The number of nitrogens with two attached hydrogens (primary N) is 1. The van der Waals surface area contributed by atoms with Crippen molar-refractivity contribution in [1.82, 2.24) is 4.90 Å². The zero-order valence-corrected chi connectivity index (χ0v) is 11.6. The number of amides is 1. The van der Waals surface area contributed by atoms with Gasteiger partial charge in [0.1, 0.15) is 6.17 Å². The third kappa shape index (κ3) is 3.65. The first-order chi connectivity index (χ1) is 9.68. The molecule has 2 rings (SSSR count). The van der Waals surface area contributed by atoms with Gasteiger partial charge in [0.05, 0.1) is 16.6 Å². The van der Waals surface area contributed by atoms with Crippen LogP contribution in [0.4, 0.5) is 17.6 Å². The summed E-state index contributed by atoms with van der Waals surface area (Å²) in [5.74, 6) is -0.680. The van der Waals surface area contributed by atoms with E-state index in [4.69, 9.17) is 17.3 Å². The first kappa shape index (κ1) is 16.0. The minimum absolute atomic E-state index is 0.00821. The summed E-state index contributed by atoms with van der Waals surface area (Å²) in [5.41, 5.74) is 4.53. The molecule has 1 fully saturated rings. The second-order valence-corrected chi connectivity index (χ2v) is 5.40. The van der Waals surface area contributed by atoms with Crippen LogP contribution < -0.4 is 5.73 Å². The molecule has 1 aliphatic rings. The molecule has 1 heterocycles. The summed E-state index contributed by atoms with van der Waals surface area (Å²) in [4.78, 5) is 12.7. The molecular formula is C13H13ClF4N2O. The van der Waals surface area contributed by atoms with Crippen molar-refractivity contribution in [1.29, 1.82) is 0 Å². The number of carbonyl (C=O) groups is 1. The predicted octanol–water partition coefficient (Wildman–Crippen LogP) is 2.76. The molecule has 2 atom stereocenters. The number of primary amides is 1. The number of hydrogen-bond donors (Lipinski definition) is 1. The van der Waals surface area contributed by atoms with Crippen LogP contribution in [0.25, 0.3) is 0 Å². The molecule has 116 valence electrons. The lowest BCUT2D eigenvalue weighted by atomic mass is 10.1. The molecule has 0 spiro atoms. The van der Waals surface area contributed by atoms with Gasteiger partial charge in [0.15, 0.2) is 0 Å². The van der Waals surface area contributed by atoms with E-state index >= 15 is 0 Å². The Morgan fingerprint density at radius 2 is 2.10 bits per heavy atom. The number of alkyl halides is 4. The third-order valence-electron chi connectivity index (χ3n) is 3.40. The highest BCUT2D eigenvalue weighted by Crippen LogP contribution is 2.35. The molecule has 0 bridgehead atoms. The van der Waals surface area contributed by atoms with Crippen LogP contribution in [-0.2, 0) is 17.5 Å². The first-order valence-electron chi connectivity index (χ1n) is 6.21. The van der Waals surface area contributed by atoms with Gasteiger partial charge in [-0.25, -0.2) is 4.39 Å². The zero-order valence-electron chi connectivity index (χ0n) is 10.8. The van der Waals surface area contributed by atoms with E-state index in [1.165, 1.54) is 11.0 Å². The van der Waals surface area contributed by atoms with Gasteiger partial charge in [0.25, 0.3) is 0 Å². The fraction of sp³-hybridized carbons (Fsp3) is 0.462. The van der Waals surface area contributed by atoms with Crippen molar-refractivity contribution in [3.8, 4) is 0 Å². The van der Waals surface area contributed by atoms with Gasteiger partial charge in [-0.3, -0.25) is 9.69 Å². The van der Waals surface area contributed by atoms with Gasteiger partial charge in [-0.05, 0) is 17.7 Å². The Hall–Kier alpha value is -1.34. The Bertz CT molecular complexity index is 549. The van der Waals surface area contributed by atoms with E-state index in [1.807, 2.05) is 0 Å². The molecule has 1 saturated heterocycles. The second kappa shape index (κ2) is 5.81. The van der Waals surface area contributed by atoms with Crippen molar-refractivity contribution in [3.63, 3.8) is 0 Å². The van der Waals surface area contributed by atoms with Gasteiger partial charge in [0.2, 0.25) is 5.91 Å². The van der Waals surface area contributed by atoms with Gasteiger partial charge in [0, 0.05) is 19.5 Å². The van der Waals surface area contributed by atoms with E-state index in [0.717, 1.165) is 12.1 Å². The van der Waals surface area contributed by atoms with Crippen LogP contribution in [0.2, 0.25) is 5.02 Å². The highest BCUT2D eigenvalue weighted by atomic mass is 35.5. The van der Waals surface area contributed by atoms with Gasteiger partial charge >= 0.3 is 6.18 Å². The number of carbonyl (C=O) groups excluding carboxylic acids is 1. The number of hydrogen-bond acceptors (Lipinski definition) is 2. The molecule has 0 radical (unpaired) electrons. The molecule has 0 aromatic heterocycles. The minimum Gasteiger partial charge on any atom is -0.368 e. The van der Waals surface area contributed by atoms with Crippen molar-refractivity contribution >= 4 is 17.5 Å². The standard InChI is InChI=1S/C13H13ClF4N2O/c14-10-2-1-7(3-9(10)13(16,17)18)5-20-6-8(15)4-11(20)12(19)21/h1-3,8,11H,4-6H2,(H2,19,21)/t8-,11+/m1/s1. The quantitative estimate of drug-likeness (QED) is 0.869. The fourth-order valence-electron chi connectivity index (χ4n) is 2.44. The molecule has 3 nitrogen and oxygen atoms in total. The molecule has 1 aliphatic heterocycles. The van der Waals surface area contributed by atoms with E-state index in [0.29, 0.717) is 5.56 Å². The van der Waals surface area contributed by atoms with Gasteiger partial charge in [-0.15, -0.1) is 0 Å². The van der Waals surface area contributed by atoms with Crippen molar-refractivity contribution in [3.05, 3.63) is 34.3 Å². The highest BCUT2D eigenvalue weighted by molar-refractivity contribution is 6.31. The van der Waals surface area contributed by atoms with Crippen LogP contribution in [0.5, 0.6) is 0 Å². The Morgan fingerprint density at radius 3 is 2.67 bits per heavy atom. The largest absolute Gasteiger partial charge is 0.417 e. The van der Waals surface area contributed by atoms with E-state index in [-0.39, 0.29) is 19.5 Å². The van der Waals surface area contributed by atoms with Crippen molar-refractivity contribution in [2.75, 3.05) is 6.54 Å². The highest BCUT2D eigenvalue weighted by Gasteiger charge is 2.37. The van der Waals surface area contributed by atoms with E-state index < -0.39 is 34.9 Å². The molecule has 1 aromatic carbocycles. The second-order valence-electron chi connectivity index (χ2n) is 4.99. The number of benzene rings is 1. The number of likely N-dealkylation sites (tertiary alicyclic amines) is 1. The Balaban J connectivity index is 2.22. The van der Waals surface area contributed by atoms with Gasteiger partial charge < -0.3 is 5.73 Å². The topological polar surface area (TPSA) is 46.3 Å². The average molecular weight is 325 g/mol. The lowest BCUT2D eigenvalue weighted by Crippen LogP contribution is -2.39. The van der Waals surface area contributed by atoms with Crippen LogP contribution in [0.3, 0.4) is 0 Å². The third-order valence-corrected chi connectivity index (χ3v) is 3.73. The Morgan fingerprint density at radius 1 is 1.43 bits per heavy atom.